The van der Waals surface area contributed by atoms with Crippen LogP contribution < -0.4 is 10.1 Å². The fourth-order valence-corrected chi connectivity index (χ4v) is 4.05. The highest BCUT2D eigenvalue weighted by Crippen LogP contribution is 2.33. The fraction of sp³-hybridized carbons (Fsp3) is 0.364. The first-order chi connectivity index (χ1) is 13.6. The lowest BCUT2D eigenvalue weighted by molar-refractivity contribution is 0.192. The van der Waals surface area contributed by atoms with E-state index in [2.05, 4.69) is 41.6 Å². The lowest BCUT2D eigenvalue weighted by atomic mass is 10.0. The van der Waals surface area contributed by atoms with E-state index in [0.717, 1.165) is 47.3 Å². The molecule has 0 bridgehead atoms. The second-order valence-corrected chi connectivity index (χ2v) is 7.38. The second-order valence-electron chi connectivity index (χ2n) is 7.38. The molecule has 6 heteroatoms. The van der Waals surface area contributed by atoms with Crippen LogP contribution in [0, 0.1) is 6.92 Å². The summed E-state index contributed by atoms with van der Waals surface area (Å²) in [6, 6.07) is 14.3. The van der Waals surface area contributed by atoms with Gasteiger partial charge in [0.2, 0.25) is 0 Å². The van der Waals surface area contributed by atoms with Crippen molar-refractivity contribution in [2.75, 3.05) is 13.7 Å². The molecule has 0 radical (unpaired) electrons. The van der Waals surface area contributed by atoms with Crippen LogP contribution >= 0.6 is 0 Å². The number of carbonyl (C=O) groups is 1. The lowest BCUT2D eigenvalue weighted by Crippen LogP contribution is -2.39. The number of hydrogen-bond donors (Lipinski definition) is 1. The Labute approximate surface area is 165 Å². The Bertz CT molecular complexity index is 1010. The predicted octanol–water partition coefficient (Wildman–Crippen LogP) is 3.94. The standard InChI is InChI=1S/C22H26N4O2/c1-15-9-10-21-18(12-15)19(24-25(21)2)14-23-22(27)26-11-5-8-20(26)16-6-4-7-17(13-16)28-3/h4,6-7,9-10,12-13,20H,5,8,11,14H2,1-3H3,(H,23,27)/t20-/m1/s1. The topological polar surface area (TPSA) is 59.4 Å². The van der Waals surface area contributed by atoms with Gasteiger partial charge in [0.15, 0.2) is 0 Å². The molecule has 3 aromatic rings. The summed E-state index contributed by atoms with van der Waals surface area (Å²) in [5.41, 5.74) is 4.27. The highest BCUT2D eigenvalue weighted by atomic mass is 16.5. The van der Waals surface area contributed by atoms with Crippen LogP contribution in [0.25, 0.3) is 10.9 Å². The largest absolute Gasteiger partial charge is 0.497 e. The normalized spacial score (nSPS) is 16.5. The number of hydrogen-bond acceptors (Lipinski definition) is 3. The van der Waals surface area contributed by atoms with Crippen LogP contribution in [0.2, 0.25) is 0 Å². The van der Waals surface area contributed by atoms with E-state index in [9.17, 15) is 4.79 Å². The third-order valence-electron chi connectivity index (χ3n) is 5.48. The van der Waals surface area contributed by atoms with Gasteiger partial charge in [-0.25, -0.2) is 4.79 Å². The molecular formula is C22H26N4O2. The van der Waals surface area contributed by atoms with Crippen molar-refractivity contribution in [3.8, 4) is 5.75 Å². The van der Waals surface area contributed by atoms with Gasteiger partial charge in [0.05, 0.1) is 30.9 Å². The molecule has 1 fully saturated rings. The molecule has 1 aliphatic heterocycles. The van der Waals surface area contributed by atoms with Crippen molar-refractivity contribution in [2.45, 2.75) is 32.4 Å². The first-order valence-electron chi connectivity index (χ1n) is 9.67. The van der Waals surface area contributed by atoms with Crippen molar-refractivity contribution in [1.29, 1.82) is 0 Å². The van der Waals surface area contributed by atoms with Crippen LogP contribution in [0.5, 0.6) is 5.75 Å². The maximum atomic E-state index is 12.9. The summed E-state index contributed by atoms with van der Waals surface area (Å²) in [5.74, 6) is 0.820. The van der Waals surface area contributed by atoms with Gasteiger partial charge in [0.25, 0.3) is 0 Å². The van der Waals surface area contributed by atoms with Crippen LogP contribution in [-0.2, 0) is 13.6 Å². The van der Waals surface area contributed by atoms with E-state index in [1.165, 1.54) is 5.56 Å². The number of nitrogens with zero attached hydrogens (tertiary/aromatic N) is 3. The predicted molar refractivity (Wildman–Crippen MR) is 109 cm³/mol. The van der Waals surface area contributed by atoms with E-state index in [0.29, 0.717) is 6.54 Å². The van der Waals surface area contributed by atoms with Gasteiger partial charge < -0.3 is 15.0 Å². The Kier molecular flexibility index (Phi) is 4.94. The number of likely N-dealkylation sites (tertiary alicyclic amines) is 1. The van der Waals surface area contributed by atoms with Crippen molar-refractivity contribution in [2.24, 2.45) is 7.05 Å². The second kappa shape index (κ2) is 7.54. The molecule has 6 nitrogen and oxygen atoms in total. The number of urea groups is 1. The summed E-state index contributed by atoms with van der Waals surface area (Å²) in [4.78, 5) is 14.8. The quantitative estimate of drug-likeness (QED) is 0.748. The molecule has 0 aliphatic carbocycles. The minimum absolute atomic E-state index is 0.0447. The number of ether oxygens (including phenoxy) is 1. The summed E-state index contributed by atoms with van der Waals surface area (Å²) in [6.07, 6.45) is 1.97. The smallest absolute Gasteiger partial charge is 0.318 e. The molecule has 4 rings (SSSR count). The molecule has 146 valence electrons. The minimum Gasteiger partial charge on any atom is -0.497 e. The molecule has 1 atom stereocenters. The van der Waals surface area contributed by atoms with Crippen LogP contribution in [-0.4, -0.2) is 34.4 Å². The van der Waals surface area contributed by atoms with Gasteiger partial charge in [-0.05, 0) is 49.6 Å². The first-order valence-corrected chi connectivity index (χ1v) is 9.67. The number of fused-ring (bicyclic) bond motifs is 1. The minimum atomic E-state index is -0.0447. The SMILES string of the molecule is COc1cccc([C@H]2CCCN2C(=O)NCc2nn(C)c3ccc(C)cc23)c1. The van der Waals surface area contributed by atoms with E-state index in [1.54, 1.807) is 7.11 Å². The highest BCUT2D eigenvalue weighted by Gasteiger charge is 2.30. The number of aryl methyl sites for hydroxylation is 2. The third kappa shape index (κ3) is 3.42. The summed E-state index contributed by atoms with van der Waals surface area (Å²) in [5, 5.41) is 8.76. The molecule has 0 unspecified atom stereocenters. The molecule has 2 heterocycles. The lowest BCUT2D eigenvalue weighted by Gasteiger charge is -2.25. The number of rotatable bonds is 4. The number of amides is 2. The molecule has 0 saturated carbocycles. The summed E-state index contributed by atoms with van der Waals surface area (Å²) in [7, 11) is 3.60. The third-order valence-corrected chi connectivity index (χ3v) is 5.48. The van der Waals surface area contributed by atoms with Crippen molar-refractivity contribution in [3.05, 3.63) is 59.3 Å². The maximum absolute atomic E-state index is 12.9. The Hall–Kier alpha value is -3.02. The zero-order chi connectivity index (χ0) is 19.7. The van der Waals surface area contributed by atoms with Crippen LogP contribution in [0.15, 0.2) is 42.5 Å². The Morgan fingerprint density at radius 2 is 2.14 bits per heavy atom. The molecule has 0 spiro atoms. The monoisotopic (exact) mass is 378 g/mol. The van der Waals surface area contributed by atoms with Crippen molar-refractivity contribution >= 4 is 16.9 Å². The van der Waals surface area contributed by atoms with Gasteiger partial charge in [-0.15, -0.1) is 0 Å². The van der Waals surface area contributed by atoms with Gasteiger partial charge in [-0.2, -0.15) is 5.10 Å². The number of carbonyl (C=O) groups excluding carboxylic acids is 1. The molecule has 1 N–H and O–H groups in total. The number of nitrogens with one attached hydrogen (secondary N) is 1. The highest BCUT2D eigenvalue weighted by molar-refractivity contribution is 5.83. The number of aromatic nitrogens is 2. The van der Waals surface area contributed by atoms with E-state index in [1.807, 2.05) is 34.8 Å². The van der Waals surface area contributed by atoms with Crippen LogP contribution in [0.3, 0.4) is 0 Å². The number of benzene rings is 2. The van der Waals surface area contributed by atoms with E-state index < -0.39 is 0 Å². The Balaban J connectivity index is 1.50. The van der Waals surface area contributed by atoms with Gasteiger partial charge in [0.1, 0.15) is 5.75 Å². The average molecular weight is 378 g/mol. The van der Waals surface area contributed by atoms with Gasteiger partial charge in [0, 0.05) is 19.0 Å². The van der Waals surface area contributed by atoms with E-state index in [-0.39, 0.29) is 12.1 Å². The first kappa shape index (κ1) is 18.3. The van der Waals surface area contributed by atoms with Crippen molar-refractivity contribution in [1.82, 2.24) is 20.0 Å². The summed E-state index contributed by atoms with van der Waals surface area (Å²) < 4.78 is 7.20. The molecule has 1 aromatic heterocycles. The Morgan fingerprint density at radius 1 is 1.29 bits per heavy atom. The van der Waals surface area contributed by atoms with Crippen LogP contribution in [0.1, 0.15) is 35.7 Å². The molecule has 2 amide bonds. The molecular weight excluding hydrogens is 352 g/mol. The summed E-state index contributed by atoms with van der Waals surface area (Å²) >= 11 is 0. The molecule has 28 heavy (non-hydrogen) atoms. The van der Waals surface area contributed by atoms with E-state index >= 15 is 0 Å². The fourth-order valence-electron chi connectivity index (χ4n) is 4.05. The van der Waals surface area contributed by atoms with Gasteiger partial charge >= 0.3 is 6.03 Å². The molecule has 2 aromatic carbocycles. The number of methoxy groups -OCH3 is 1. The summed E-state index contributed by atoms with van der Waals surface area (Å²) in [6.45, 7) is 3.24. The zero-order valence-electron chi connectivity index (χ0n) is 16.6. The van der Waals surface area contributed by atoms with Crippen molar-refractivity contribution < 1.29 is 9.53 Å². The van der Waals surface area contributed by atoms with Gasteiger partial charge in [-0.1, -0.05) is 23.8 Å². The maximum Gasteiger partial charge on any atom is 0.318 e. The van der Waals surface area contributed by atoms with E-state index in [4.69, 9.17) is 4.74 Å². The van der Waals surface area contributed by atoms with Crippen LogP contribution in [0.4, 0.5) is 4.79 Å². The Morgan fingerprint density at radius 3 is 2.96 bits per heavy atom. The zero-order valence-corrected chi connectivity index (χ0v) is 16.6. The molecule has 1 aliphatic rings. The van der Waals surface area contributed by atoms with Crippen molar-refractivity contribution in [3.63, 3.8) is 0 Å². The van der Waals surface area contributed by atoms with Gasteiger partial charge in [-0.3, -0.25) is 4.68 Å². The molecule has 1 saturated heterocycles. The average Bonchev–Trinajstić information content (AvgIpc) is 3.31.